The van der Waals surface area contributed by atoms with Crippen LogP contribution < -0.4 is 4.74 Å². The molecule has 0 bridgehead atoms. The molecule has 0 N–H and O–H groups in total. The number of benzene rings is 1. The molecule has 0 aliphatic carbocycles. The molecule has 1 aromatic carbocycles. The van der Waals surface area contributed by atoms with E-state index in [1.165, 1.54) is 5.56 Å². The van der Waals surface area contributed by atoms with E-state index >= 15 is 0 Å². The lowest BCUT2D eigenvalue weighted by molar-refractivity contribution is 0.131. The first kappa shape index (κ1) is 12.5. The van der Waals surface area contributed by atoms with Gasteiger partial charge in [0.1, 0.15) is 5.75 Å². The number of hydrogen-bond acceptors (Lipinski definition) is 2. The second-order valence-corrected chi connectivity index (χ2v) is 3.74. The zero-order valence-electron chi connectivity index (χ0n) is 9.04. The molecule has 0 aliphatic heterocycles. The summed E-state index contributed by atoms with van der Waals surface area (Å²) in [4.78, 5) is 0. The summed E-state index contributed by atoms with van der Waals surface area (Å²) in [5.41, 5.74) is 1.23. The van der Waals surface area contributed by atoms with Crippen molar-refractivity contribution in [3.63, 3.8) is 0 Å². The van der Waals surface area contributed by atoms with E-state index in [1.54, 1.807) is 0 Å². The maximum Gasteiger partial charge on any atom is 0.119 e. The van der Waals surface area contributed by atoms with Crippen molar-refractivity contribution in [3.05, 3.63) is 29.8 Å². The van der Waals surface area contributed by atoms with Gasteiger partial charge >= 0.3 is 0 Å². The molecule has 0 atom stereocenters. The molecular weight excluding hydrogens is 256 g/mol. The summed E-state index contributed by atoms with van der Waals surface area (Å²) in [6, 6.07) is 8.11. The predicted octanol–water partition coefficient (Wildman–Crippen LogP) is 3.39. The lowest BCUT2D eigenvalue weighted by atomic mass is 10.2. The van der Waals surface area contributed by atoms with Gasteiger partial charge in [-0.2, -0.15) is 0 Å². The zero-order valence-corrected chi connectivity index (χ0v) is 10.6. The Balaban J connectivity index is 2.24. The van der Waals surface area contributed by atoms with Gasteiger partial charge in [-0.25, -0.2) is 0 Å². The van der Waals surface area contributed by atoms with Crippen LogP contribution in [0.2, 0.25) is 0 Å². The molecule has 0 fully saturated rings. The quantitative estimate of drug-likeness (QED) is 0.560. The van der Waals surface area contributed by atoms with Gasteiger partial charge in [0.2, 0.25) is 0 Å². The molecule has 0 amide bonds. The third-order valence-corrected chi connectivity index (χ3v) is 2.61. The molecule has 3 heteroatoms. The second-order valence-electron chi connectivity index (χ2n) is 3.18. The van der Waals surface area contributed by atoms with E-state index in [4.69, 9.17) is 9.47 Å². The van der Waals surface area contributed by atoms with Crippen molar-refractivity contribution in [2.75, 3.05) is 19.8 Å². The fourth-order valence-electron chi connectivity index (χ4n) is 1.21. The van der Waals surface area contributed by atoms with Crippen LogP contribution in [-0.4, -0.2) is 19.8 Å². The van der Waals surface area contributed by atoms with Crippen LogP contribution >= 0.6 is 15.9 Å². The SMILES string of the molecule is CCOCCCOc1cccc(CBr)c1. The lowest BCUT2D eigenvalue weighted by Crippen LogP contribution is -2.02. The first-order valence-corrected chi connectivity index (χ1v) is 6.34. The van der Waals surface area contributed by atoms with E-state index in [9.17, 15) is 0 Å². The minimum atomic E-state index is 0.714. The van der Waals surface area contributed by atoms with E-state index in [0.717, 1.165) is 30.7 Å². The summed E-state index contributed by atoms with van der Waals surface area (Å²) in [6.45, 7) is 4.26. The Bertz CT molecular complexity index is 276. The normalized spacial score (nSPS) is 10.3. The van der Waals surface area contributed by atoms with Crippen LogP contribution in [0.1, 0.15) is 18.9 Å². The summed E-state index contributed by atoms with van der Waals surface area (Å²) < 4.78 is 10.8. The van der Waals surface area contributed by atoms with Crippen LogP contribution in [0.3, 0.4) is 0 Å². The van der Waals surface area contributed by atoms with Gasteiger partial charge in [0.15, 0.2) is 0 Å². The molecule has 2 nitrogen and oxygen atoms in total. The van der Waals surface area contributed by atoms with Crippen LogP contribution in [-0.2, 0) is 10.1 Å². The van der Waals surface area contributed by atoms with Gasteiger partial charge in [-0.1, -0.05) is 28.1 Å². The Morgan fingerprint density at radius 1 is 1.27 bits per heavy atom. The summed E-state index contributed by atoms with van der Waals surface area (Å²) in [6.07, 6.45) is 0.937. The maximum absolute atomic E-state index is 5.59. The Kier molecular flexibility index (Phi) is 6.44. The molecule has 0 saturated heterocycles. The molecule has 0 aliphatic rings. The minimum Gasteiger partial charge on any atom is -0.493 e. The molecule has 0 aromatic heterocycles. The standard InChI is InChI=1S/C12H17BrO2/c1-2-14-7-4-8-15-12-6-3-5-11(9-12)10-13/h3,5-6,9H,2,4,7-8,10H2,1H3. The summed E-state index contributed by atoms with van der Waals surface area (Å²) in [7, 11) is 0. The van der Waals surface area contributed by atoms with Crippen LogP contribution in [0.15, 0.2) is 24.3 Å². The third-order valence-electron chi connectivity index (χ3n) is 1.96. The average Bonchev–Trinajstić information content (AvgIpc) is 2.29. The van der Waals surface area contributed by atoms with Gasteiger partial charge in [-0.05, 0) is 24.6 Å². The summed E-state index contributed by atoms with van der Waals surface area (Å²) in [5, 5.41) is 0.864. The third kappa shape index (κ3) is 5.19. The van der Waals surface area contributed by atoms with Crippen molar-refractivity contribution in [2.45, 2.75) is 18.7 Å². The van der Waals surface area contributed by atoms with Crippen LogP contribution in [0.25, 0.3) is 0 Å². The van der Waals surface area contributed by atoms with Crippen molar-refractivity contribution in [2.24, 2.45) is 0 Å². The van der Waals surface area contributed by atoms with E-state index in [-0.39, 0.29) is 0 Å². The van der Waals surface area contributed by atoms with Crippen molar-refractivity contribution >= 4 is 15.9 Å². The predicted molar refractivity (Wildman–Crippen MR) is 65.7 cm³/mol. The van der Waals surface area contributed by atoms with Crippen LogP contribution in [0.4, 0.5) is 0 Å². The molecular formula is C12H17BrO2. The van der Waals surface area contributed by atoms with Crippen molar-refractivity contribution in [1.82, 2.24) is 0 Å². The van der Waals surface area contributed by atoms with E-state index in [2.05, 4.69) is 28.1 Å². The average molecular weight is 273 g/mol. The fourth-order valence-corrected chi connectivity index (χ4v) is 1.56. The van der Waals surface area contributed by atoms with Gasteiger partial charge in [0.25, 0.3) is 0 Å². The van der Waals surface area contributed by atoms with E-state index < -0.39 is 0 Å². The van der Waals surface area contributed by atoms with Crippen LogP contribution in [0.5, 0.6) is 5.75 Å². The molecule has 0 saturated carbocycles. The second kappa shape index (κ2) is 7.71. The number of rotatable bonds is 7. The van der Waals surface area contributed by atoms with Gasteiger partial charge < -0.3 is 9.47 Å². The highest BCUT2D eigenvalue weighted by atomic mass is 79.9. The monoisotopic (exact) mass is 272 g/mol. The van der Waals surface area contributed by atoms with Gasteiger partial charge in [-0.3, -0.25) is 0 Å². The number of ether oxygens (including phenoxy) is 2. The van der Waals surface area contributed by atoms with Crippen LogP contribution in [0, 0.1) is 0 Å². The molecule has 0 spiro atoms. The Morgan fingerprint density at radius 3 is 2.87 bits per heavy atom. The molecule has 0 heterocycles. The highest BCUT2D eigenvalue weighted by Crippen LogP contribution is 2.15. The van der Waals surface area contributed by atoms with E-state index in [1.807, 2.05) is 19.1 Å². The number of alkyl halides is 1. The first-order chi connectivity index (χ1) is 7.36. The van der Waals surface area contributed by atoms with Crippen molar-refractivity contribution < 1.29 is 9.47 Å². The minimum absolute atomic E-state index is 0.714. The molecule has 1 aromatic rings. The van der Waals surface area contributed by atoms with Crippen molar-refractivity contribution in [1.29, 1.82) is 0 Å². The highest BCUT2D eigenvalue weighted by Gasteiger charge is 1.95. The summed E-state index contributed by atoms with van der Waals surface area (Å²) in [5.74, 6) is 0.934. The highest BCUT2D eigenvalue weighted by molar-refractivity contribution is 9.08. The fraction of sp³-hybridized carbons (Fsp3) is 0.500. The summed E-state index contributed by atoms with van der Waals surface area (Å²) >= 11 is 3.42. The maximum atomic E-state index is 5.59. The lowest BCUT2D eigenvalue weighted by Gasteiger charge is -2.07. The Morgan fingerprint density at radius 2 is 2.13 bits per heavy atom. The first-order valence-electron chi connectivity index (χ1n) is 5.22. The molecule has 0 unspecified atom stereocenters. The smallest absolute Gasteiger partial charge is 0.119 e. The number of halogens is 1. The Labute approximate surface area is 99.7 Å². The Hall–Kier alpha value is -0.540. The molecule has 0 radical (unpaired) electrons. The topological polar surface area (TPSA) is 18.5 Å². The van der Waals surface area contributed by atoms with Gasteiger partial charge in [-0.15, -0.1) is 0 Å². The zero-order chi connectivity index (χ0) is 10.9. The van der Waals surface area contributed by atoms with Crippen molar-refractivity contribution in [3.8, 4) is 5.75 Å². The number of hydrogen-bond donors (Lipinski definition) is 0. The molecule has 1 rings (SSSR count). The largest absolute Gasteiger partial charge is 0.493 e. The molecule has 84 valence electrons. The van der Waals surface area contributed by atoms with E-state index in [0.29, 0.717) is 6.61 Å². The van der Waals surface area contributed by atoms with Gasteiger partial charge in [0.05, 0.1) is 6.61 Å². The van der Waals surface area contributed by atoms with Gasteiger partial charge in [0, 0.05) is 25.0 Å². The molecule has 15 heavy (non-hydrogen) atoms.